The number of hydrogen-bond donors (Lipinski definition) is 2. The predicted octanol–water partition coefficient (Wildman–Crippen LogP) is 1.16. The van der Waals surface area contributed by atoms with E-state index < -0.39 is 10.5 Å². The molecule has 1 rings (SSSR count). The second kappa shape index (κ2) is 4.59. The Kier molecular flexibility index (Phi) is 3.62. The molecule has 1 atom stereocenters. The third-order valence-corrected chi connectivity index (χ3v) is 2.46. The van der Waals surface area contributed by atoms with Crippen molar-refractivity contribution in [2.45, 2.75) is 25.8 Å². The number of hydrogen-bond acceptors (Lipinski definition) is 4. The van der Waals surface area contributed by atoms with Crippen molar-refractivity contribution in [2.75, 3.05) is 6.61 Å². The van der Waals surface area contributed by atoms with Gasteiger partial charge in [-0.1, -0.05) is 18.2 Å². The van der Waals surface area contributed by atoms with E-state index in [4.69, 9.17) is 10.8 Å². The van der Waals surface area contributed by atoms with Crippen LogP contribution >= 0.6 is 0 Å². The van der Waals surface area contributed by atoms with Gasteiger partial charge in [0.2, 0.25) is 0 Å². The first-order valence-electron chi connectivity index (χ1n) is 5.00. The molecule has 5 nitrogen and oxygen atoms in total. The average Bonchev–Trinajstić information content (AvgIpc) is 2.16. The summed E-state index contributed by atoms with van der Waals surface area (Å²) in [4.78, 5) is 10.5. The monoisotopic (exact) mass is 224 g/mol. The lowest BCUT2D eigenvalue weighted by Crippen LogP contribution is -2.42. The highest BCUT2D eigenvalue weighted by Gasteiger charge is 2.24. The molecule has 0 bridgehead atoms. The van der Waals surface area contributed by atoms with Gasteiger partial charge in [-0.15, -0.1) is 0 Å². The first kappa shape index (κ1) is 12.6. The maximum absolute atomic E-state index is 10.9. The van der Waals surface area contributed by atoms with Crippen LogP contribution in [0.4, 0.5) is 5.69 Å². The molecular formula is C11H16N2O3. The molecule has 0 aliphatic carbocycles. The molecular weight excluding hydrogens is 208 g/mol. The fraction of sp³-hybridized carbons (Fsp3) is 0.455. The van der Waals surface area contributed by atoms with E-state index in [0.717, 1.165) is 0 Å². The van der Waals surface area contributed by atoms with E-state index in [0.29, 0.717) is 11.1 Å². The molecule has 0 aliphatic heterocycles. The Morgan fingerprint density at radius 1 is 1.56 bits per heavy atom. The van der Waals surface area contributed by atoms with Crippen molar-refractivity contribution in [3.05, 3.63) is 39.4 Å². The maximum atomic E-state index is 10.9. The Morgan fingerprint density at radius 2 is 2.19 bits per heavy atom. The second-order valence-electron chi connectivity index (χ2n) is 4.33. The Balaban J connectivity index is 3.14. The largest absolute Gasteiger partial charge is 0.394 e. The molecule has 0 saturated heterocycles. The van der Waals surface area contributed by atoms with Gasteiger partial charge in [0.1, 0.15) is 0 Å². The van der Waals surface area contributed by atoms with E-state index in [1.54, 1.807) is 32.0 Å². The normalized spacial score (nSPS) is 14.5. The van der Waals surface area contributed by atoms with Crippen molar-refractivity contribution in [3.63, 3.8) is 0 Å². The van der Waals surface area contributed by atoms with E-state index in [1.807, 2.05) is 0 Å². The highest BCUT2D eigenvalue weighted by Crippen LogP contribution is 2.25. The first-order chi connectivity index (χ1) is 7.37. The number of aliphatic hydroxyl groups is 1. The van der Waals surface area contributed by atoms with Gasteiger partial charge >= 0.3 is 0 Å². The Labute approximate surface area is 94.0 Å². The van der Waals surface area contributed by atoms with Gasteiger partial charge < -0.3 is 10.8 Å². The Morgan fingerprint density at radius 3 is 2.69 bits per heavy atom. The quantitative estimate of drug-likeness (QED) is 0.593. The molecule has 1 unspecified atom stereocenters. The van der Waals surface area contributed by atoms with E-state index in [-0.39, 0.29) is 18.7 Å². The standard InChI is InChI=1S/C11H16N2O3/c1-8-4-3-5-9(10(8)13(15)16)6-11(2,12)7-14/h3-5,14H,6-7,12H2,1-2H3. The lowest BCUT2D eigenvalue weighted by Gasteiger charge is -2.21. The molecule has 5 heteroatoms. The molecule has 3 N–H and O–H groups in total. The molecule has 88 valence electrons. The molecule has 0 heterocycles. The minimum atomic E-state index is -0.835. The van der Waals surface area contributed by atoms with Gasteiger partial charge in [-0.2, -0.15) is 0 Å². The molecule has 1 aromatic rings. The highest BCUT2D eigenvalue weighted by atomic mass is 16.6. The van der Waals surface area contributed by atoms with Crippen molar-refractivity contribution < 1.29 is 10.0 Å². The number of para-hydroxylation sites is 1. The molecule has 1 aromatic carbocycles. The van der Waals surface area contributed by atoms with Gasteiger partial charge in [-0.25, -0.2) is 0 Å². The number of aliphatic hydroxyl groups excluding tert-OH is 1. The summed E-state index contributed by atoms with van der Waals surface area (Å²) in [6.07, 6.45) is 0.279. The maximum Gasteiger partial charge on any atom is 0.275 e. The fourth-order valence-corrected chi connectivity index (χ4v) is 1.61. The zero-order valence-corrected chi connectivity index (χ0v) is 9.43. The summed E-state index contributed by atoms with van der Waals surface area (Å²) < 4.78 is 0. The minimum absolute atomic E-state index is 0.0904. The molecule has 0 spiro atoms. The van der Waals surface area contributed by atoms with Crippen molar-refractivity contribution in [2.24, 2.45) is 5.73 Å². The molecule has 0 radical (unpaired) electrons. The SMILES string of the molecule is Cc1cccc(CC(C)(N)CO)c1[N+](=O)[O-]. The summed E-state index contributed by atoms with van der Waals surface area (Å²) in [7, 11) is 0. The first-order valence-corrected chi connectivity index (χ1v) is 5.00. The van der Waals surface area contributed by atoms with E-state index in [2.05, 4.69) is 0 Å². The van der Waals surface area contributed by atoms with Crippen LogP contribution < -0.4 is 5.73 Å². The number of nitrogens with two attached hydrogens (primary N) is 1. The van der Waals surface area contributed by atoms with Crippen LogP contribution in [0.25, 0.3) is 0 Å². The van der Waals surface area contributed by atoms with Crippen molar-refractivity contribution >= 4 is 5.69 Å². The molecule has 0 amide bonds. The number of benzene rings is 1. The Hall–Kier alpha value is -1.46. The van der Waals surface area contributed by atoms with Gasteiger partial charge in [-0.3, -0.25) is 10.1 Å². The summed E-state index contributed by atoms with van der Waals surface area (Å²) >= 11 is 0. The summed E-state index contributed by atoms with van der Waals surface area (Å²) in [5, 5.41) is 20.0. The number of aryl methyl sites for hydroxylation is 1. The van der Waals surface area contributed by atoms with Crippen molar-refractivity contribution in [1.82, 2.24) is 0 Å². The van der Waals surface area contributed by atoms with Crippen LogP contribution in [-0.4, -0.2) is 22.2 Å². The lowest BCUT2D eigenvalue weighted by molar-refractivity contribution is -0.386. The van der Waals surface area contributed by atoms with Crippen LogP contribution in [0.2, 0.25) is 0 Å². The van der Waals surface area contributed by atoms with Crippen LogP contribution in [0.3, 0.4) is 0 Å². The van der Waals surface area contributed by atoms with Gasteiger partial charge in [0.25, 0.3) is 5.69 Å². The number of nitro groups is 1. The molecule has 0 aliphatic rings. The van der Waals surface area contributed by atoms with Gasteiger partial charge in [0.15, 0.2) is 0 Å². The fourth-order valence-electron chi connectivity index (χ4n) is 1.61. The molecule has 0 aromatic heterocycles. The minimum Gasteiger partial charge on any atom is -0.394 e. The van der Waals surface area contributed by atoms with Crippen LogP contribution in [0, 0.1) is 17.0 Å². The third-order valence-electron chi connectivity index (χ3n) is 2.46. The molecule has 16 heavy (non-hydrogen) atoms. The smallest absolute Gasteiger partial charge is 0.275 e. The van der Waals surface area contributed by atoms with Gasteiger partial charge in [-0.05, 0) is 20.3 Å². The zero-order valence-electron chi connectivity index (χ0n) is 9.43. The van der Waals surface area contributed by atoms with Crippen molar-refractivity contribution in [1.29, 1.82) is 0 Å². The summed E-state index contributed by atoms with van der Waals surface area (Å²) in [5.74, 6) is 0. The van der Waals surface area contributed by atoms with Crippen LogP contribution in [0.15, 0.2) is 18.2 Å². The van der Waals surface area contributed by atoms with E-state index >= 15 is 0 Å². The number of nitrogens with zero attached hydrogens (tertiary/aromatic N) is 1. The topological polar surface area (TPSA) is 89.4 Å². The average molecular weight is 224 g/mol. The van der Waals surface area contributed by atoms with Crippen molar-refractivity contribution in [3.8, 4) is 0 Å². The molecule has 0 fully saturated rings. The van der Waals surface area contributed by atoms with Crippen LogP contribution in [0.5, 0.6) is 0 Å². The summed E-state index contributed by atoms with van der Waals surface area (Å²) in [6.45, 7) is 3.14. The summed E-state index contributed by atoms with van der Waals surface area (Å²) in [6, 6.07) is 5.12. The number of nitro benzene ring substituents is 1. The van der Waals surface area contributed by atoms with Gasteiger partial charge in [0, 0.05) is 16.7 Å². The van der Waals surface area contributed by atoms with E-state index in [9.17, 15) is 10.1 Å². The third kappa shape index (κ3) is 2.77. The zero-order chi connectivity index (χ0) is 12.3. The highest BCUT2D eigenvalue weighted by molar-refractivity contribution is 5.47. The lowest BCUT2D eigenvalue weighted by atomic mass is 9.93. The predicted molar refractivity (Wildman–Crippen MR) is 61.2 cm³/mol. The van der Waals surface area contributed by atoms with Crippen LogP contribution in [0.1, 0.15) is 18.1 Å². The van der Waals surface area contributed by atoms with E-state index in [1.165, 1.54) is 0 Å². The van der Waals surface area contributed by atoms with Gasteiger partial charge in [0.05, 0.1) is 11.5 Å². The van der Waals surface area contributed by atoms with Crippen LogP contribution in [-0.2, 0) is 6.42 Å². The molecule has 0 saturated carbocycles. The Bertz CT molecular complexity index is 402. The summed E-state index contributed by atoms with van der Waals surface area (Å²) in [5.41, 5.74) is 6.22. The number of rotatable bonds is 4. The second-order valence-corrected chi connectivity index (χ2v) is 4.33.